The van der Waals surface area contributed by atoms with Gasteiger partial charge in [0.2, 0.25) is 0 Å². The van der Waals surface area contributed by atoms with Gasteiger partial charge in [-0.15, -0.1) is 0 Å². The molecule has 1 N–H and O–H groups in total. The Hall–Kier alpha value is -2.37. The van der Waals surface area contributed by atoms with Gasteiger partial charge in [0.15, 0.2) is 11.3 Å². The van der Waals surface area contributed by atoms with Gasteiger partial charge < -0.3 is 9.84 Å². The monoisotopic (exact) mass is 347 g/mol. The summed E-state index contributed by atoms with van der Waals surface area (Å²) in [6.07, 6.45) is -0.194. The number of aliphatic carboxylic acids is 1. The maximum Gasteiger partial charge on any atom is 0.411 e. The number of ether oxygens (including phenoxy) is 1. The van der Waals surface area contributed by atoms with E-state index in [1.165, 1.54) is 4.90 Å². The number of carboxylic acid groups (broad SMARTS) is 1. The summed E-state index contributed by atoms with van der Waals surface area (Å²) < 4.78 is 5.34. The molecule has 1 amide bonds. The van der Waals surface area contributed by atoms with Crippen molar-refractivity contribution in [2.45, 2.75) is 58.1 Å². The van der Waals surface area contributed by atoms with Crippen molar-refractivity contribution < 1.29 is 24.2 Å². The number of carbonyl (C=O) groups excluding carboxylic acids is 2. The second-order valence-corrected chi connectivity index (χ2v) is 7.54. The van der Waals surface area contributed by atoms with Crippen LogP contribution in [0.3, 0.4) is 0 Å². The molecule has 1 fully saturated rings. The molecule has 136 valence electrons. The summed E-state index contributed by atoms with van der Waals surface area (Å²) in [6.45, 7) is 7.35. The highest BCUT2D eigenvalue weighted by Gasteiger charge is 2.52. The van der Waals surface area contributed by atoms with Crippen molar-refractivity contribution in [1.29, 1.82) is 0 Å². The molecule has 2 rings (SSSR count). The summed E-state index contributed by atoms with van der Waals surface area (Å²) in [5.74, 6) is -1.46. The Bertz CT molecular complexity index is 674. The molecule has 0 unspecified atom stereocenters. The van der Waals surface area contributed by atoms with Gasteiger partial charge >= 0.3 is 12.1 Å². The molecule has 0 radical (unpaired) electrons. The quantitative estimate of drug-likeness (QED) is 0.844. The lowest BCUT2D eigenvalue weighted by atomic mass is 9.88. The van der Waals surface area contributed by atoms with E-state index < -0.39 is 23.2 Å². The van der Waals surface area contributed by atoms with Gasteiger partial charge in [-0.25, -0.2) is 9.59 Å². The van der Waals surface area contributed by atoms with Crippen molar-refractivity contribution in [3.63, 3.8) is 0 Å². The van der Waals surface area contributed by atoms with E-state index in [1.807, 2.05) is 6.92 Å². The minimum Gasteiger partial charge on any atom is -0.479 e. The molecule has 0 aromatic heterocycles. The zero-order chi connectivity index (χ0) is 18.8. The normalized spacial score (nSPS) is 20.4. The highest BCUT2D eigenvalue weighted by atomic mass is 16.6. The van der Waals surface area contributed by atoms with Crippen molar-refractivity contribution >= 4 is 17.8 Å². The highest BCUT2D eigenvalue weighted by molar-refractivity contribution is 6.01. The number of nitrogens with zero attached hydrogens (tertiary/aromatic N) is 1. The molecule has 0 spiro atoms. The fourth-order valence-electron chi connectivity index (χ4n) is 3.05. The van der Waals surface area contributed by atoms with Gasteiger partial charge in [-0.2, -0.15) is 0 Å². The Labute approximate surface area is 147 Å². The average Bonchev–Trinajstić information content (AvgIpc) is 2.91. The van der Waals surface area contributed by atoms with E-state index in [1.54, 1.807) is 45.0 Å². The Morgan fingerprint density at radius 1 is 1.20 bits per heavy atom. The number of hydrogen-bond acceptors (Lipinski definition) is 4. The number of Topliss-reactive ketones (excluding diaryl/α,β-unsaturated/α-hetero) is 1. The van der Waals surface area contributed by atoms with Gasteiger partial charge in [-0.3, -0.25) is 9.69 Å². The molecular weight excluding hydrogens is 322 g/mol. The summed E-state index contributed by atoms with van der Waals surface area (Å²) in [6, 6.07) is 6.97. The molecular formula is C19H25NO5. The summed E-state index contributed by atoms with van der Waals surface area (Å²) in [5, 5.41) is 9.82. The third-order valence-corrected chi connectivity index (χ3v) is 4.33. The lowest BCUT2D eigenvalue weighted by molar-refractivity contribution is -0.149. The molecule has 25 heavy (non-hydrogen) atoms. The molecule has 0 bridgehead atoms. The number of carbonyl (C=O) groups is 3. The number of hydrogen-bond donors (Lipinski definition) is 1. The van der Waals surface area contributed by atoms with Crippen LogP contribution in [-0.2, 0) is 9.53 Å². The van der Waals surface area contributed by atoms with Crippen LogP contribution in [0.4, 0.5) is 4.79 Å². The van der Waals surface area contributed by atoms with E-state index in [-0.39, 0.29) is 25.2 Å². The van der Waals surface area contributed by atoms with Crippen LogP contribution < -0.4 is 0 Å². The first-order valence-corrected chi connectivity index (χ1v) is 8.39. The minimum absolute atomic E-state index is 0.235. The largest absolute Gasteiger partial charge is 0.479 e. The topological polar surface area (TPSA) is 83.9 Å². The van der Waals surface area contributed by atoms with Gasteiger partial charge in [0.1, 0.15) is 5.60 Å². The number of likely N-dealkylation sites (tertiary alicyclic amines) is 1. The number of aryl methyl sites for hydroxylation is 1. The number of ketones is 1. The van der Waals surface area contributed by atoms with Crippen molar-refractivity contribution in [3.05, 3.63) is 35.4 Å². The summed E-state index contributed by atoms with van der Waals surface area (Å²) in [5.41, 5.74) is -0.821. The Morgan fingerprint density at radius 3 is 2.32 bits per heavy atom. The van der Waals surface area contributed by atoms with Crippen LogP contribution in [0.2, 0.25) is 0 Å². The zero-order valence-corrected chi connectivity index (χ0v) is 15.2. The number of rotatable bonds is 4. The first-order chi connectivity index (χ1) is 11.5. The second kappa shape index (κ2) is 6.86. The fraction of sp³-hybridized carbons (Fsp3) is 0.526. The van der Waals surface area contributed by atoms with Crippen LogP contribution in [0.5, 0.6) is 0 Å². The zero-order valence-electron chi connectivity index (χ0n) is 15.2. The van der Waals surface area contributed by atoms with Gasteiger partial charge in [-0.1, -0.05) is 29.8 Å². The van der Waals surface area contributed by atoms with E-state index in [0.29, 0.717) is 12.0 Å². The molecule has 1 aromatic rings. The van der Waals surface area contributed by atoms with Crippen LogP contribution in [0.25, 0.3) is 0 Å². The molecule has 0 aliphatic carbocycles. The Kier molecular flexibility index (Phi) is 5.20. The molecule has 6 nitrogen and oxygen atoms in total. The van der Waals surface area contributed by atoms with Crippen LogP contribution in [0.15, 0.2) is 24.3 Å². The predicted octanol–water partition coefficient (Wildman–Crippen LogP) is 3.42. The highest BCUT2D eigenvalue weighted by Crippen LogP contribution is 2.35. The fourth-order valence-corrected chi connectivity index (χ4v) is 3.05. The third kappa shape index (κ3) is 4.18. The minimum atomic E-state index is -1.55. The number of amides is 1. The molecule has 0 saturated carbocycles. The first-order valence-electron chi connectivity index (χ1n) is 8.39. The maximum absolute atomic E-state index is 12.6. The standard InChI is InChI=1S/C19H25NO5/c1-13-6-8-14(9-7-13)15(21)12-19(16(22)23)10-5-11-20(19)17(24)25-18(2,3)4/h6-9H,5,10-12H2,1-4H3,(H,22,23)/t19-/m0/s1. The average molecular weight is 347 g/mol. The smallest absolute Gasteiger partial charge is 0.411 e. The Morgan fingerprint density at radius 2 is 1.80 bits per heavy atom. The molecule has 1 heterocycles. The first kappa shape index (κ1) is 19.0. The lowest BCUT2D eigenvalue weighted by Crippen LogP contribution is -2.55. The van der Waals surface area contributed by atoms with Gasteiger partial charge in [0.05, 0.1) is 0 Å². The SMILES string of the molecule is Cc1ccc(C(=O)C[C@]2(C(=O)O)CCCN2C(=O)OC(C)(C)C)cc1. The predicted molar refractivity (Wildman–Crippen MR) is 92.7 cm³/mol. The lowest BCUT2D eigenvalue weighted by Gasteiger charge is -2.35. The van der Waals surface area contributed by atoms with Crippen molar-refractivity contribution in [3.8, 4) is 0 Å². The van der Waals surface area contributed by atoms with E-state index in [2.05, 4.69) is 0 Å². The van der Waals surface area contributed by atoms with Crippen LogP contribution in [-0.4, -0.2) is 45.5 Å². The molecule has 1 aliphatic heterocycles. The number of benzene rings is 1. The van der Waals surface area contributed by atoms with E-state index >= 15 is 0 Å². The second-order valence-electron chi connectivity index (χ2n) is 7.54. The van der Waals surface area contributed by atoms with Crippen molar-refractivity contribution in [1.82, 2.24) is 4.90 Å². The van der Waals surface area contributed by atoms with Crippen molar-refractivity contribution in [2.75, 3.05) is 6.54 Å². The van der Waals surface area contributed by atoms with Crippen LogP contribution in [0.1, 0.15) is 56.0 Å². The maximum atomic E-state index is 12.6. The molecule has 1 aromatic carbocycles. The van der Waals surface area contributed by atoms with E-state index in [9.17, 15) is 19.5 Å². The van der Waals surface area contributed by atoms with Crippen LogP contribution in [0, 0.1) is 6.92 Å². The molecule has 1 saturated heterocycles. The number of carboxylic acids is 1. The van der Waals surface area contributed by atoms with Gasteiger partial charge in [-0.05, 0) is 40.5 Å². The molecule has 6 heteroatoms. The van der Waals surface area contributed by atoms with Gasteiger partial charge in [0, 0.05) is 18.5 Å². The van der Waals surface area contributed by atoms with Crippen molar-refractivity contribution in [2.24, 2.45) is 0 Å². The van der Waals surface area contributed by atoms with Gasteiger partial charge in [0.25, 0.3) is 0 Å². The van der Waals surface area contributed by atoms with E-state index in [0.717, 1.165) is 5.56 Å². The summed E-state index contributed by atoms with van der Waals surface area (Å²) >= 11 is 0. The van der Waals surface area contributed by atoms with Crippen LogP contribution >= 0.6 is 0 Å². The van der Waals surface area contributed by atoms with E-state index in [4.69, 9.17) is 4.74 Å². The summed E-state index contributed by atoms with van der Waals surface area (Å²) in [7, 11) is 0. The molecule has 1 atom stereocenters. The third-order valence-electron chi connectivity index (χ3n) is 4.33. The summed E-state index contributed by atoms with van der Waals surface area (Å²) in [4.78, 5) is 38.3. The molecule has 1 aliphatic rings. The Balaban J connectivity index is 2.27.